The summed E-state index contributed by atoms with van der Waals surface area (Å²) in [6, 6.07) is 0. The Hall–Kier alpha value is -0.870. The van der Waals surface area contributed by atoms with Crippen molar-refractivity contribution in [2.45, 2.75) is 33.3 Å². The van der Waals surface area contributed by atoms with Crippen molar-refractivity contribution in [2.24, 2.45) is 11.8 Å². The van der Waals surface area contributed by atoms with Crippen LogP contribution in [0.15, 0.2) is 0 Å². The van der Waals surface area contributed by atoms with Crippen LogP contribution in [0.3, 0.4) is 0 Å². The topological polar surface area (TPSA) is 47.1 Å². The predicted octanol–water partition coefficient (Wildman–Crippen LogP) is 1.94. The Kier molecular flexibility index (Phi) is 4.18. The third kappa shape index (κ3) is 3.07. The van der Waals surface area contributed by atoms with Crippen molar-refractivity contribution in [3.05, 3.63) is 17.2 Å². The maximum Gasteiger partial charge on any atom is 0.132 e. The quantitative estimate of drug-likeness (QED) is 0.797. The molecule has 0 saturated heterocycles. The second-order valence-corrected chi connectivity index (χ2v) is 5.02. The summed E-state index contributed by atoms with van der Waals surface area (Å²) in [4.78, 5) is 8.00. The number of aromatic nitrogens is 2. The van der Waals surface area contributed by atoms with Gasteiger partial charge in [-0.05, 0) is 24.7 Å². The van der Waals surface area contributed by atoms with Crippen molar-refractivity contribution in [2.75, 3.05) is 20.3 Å². The van der Waals surface area contributed by atoms with Crippen LogP contribution in [0.25, 0.3) is 0 Å². The zero-order valence-corrected chi connectivity index (χ0v) is 11.0. The average Bonchev–Trinajstić information content (AvgIpc) is 2.67. The number of methoxy groups -OCH3 is 1. The number of H-pyrrole nitrogens is 1. The molecule has 0 amide bonds. The lowest BCUT2D eigenvalue weighted by Crippen LogP contribution is -2.20. The predicted molar refractivity (Wildman–Crippen MR) is 65.9 cm³/mol. The Balaban J connectivity index is 1.91. The van der Waals surface area contributed by atoms with E-state index >= 15 is 0 Å². The number of fused-ring (bicyclic) bond motifs is 1. The van der Waals surface area contributed by atoms with E-state index in [4.69, 9.17) is 9.47 Å². The number of imidazole rings is 1. The van der Waals surface area contributed by atoms with E-state index in [1.54, 1.807) is 7.11 Å². The molecule has 1 aliphatic rings. The molecule has 17 heavy (non-hydrogen) atoms. The van der Waals surface area contributed by atoms with Crippen molar-refractivity contribution in [3.63, 3.8) is 0 Å². The molecule has 1 heterocycles. The second kappa shape index (κ2) is 5.65. The Bertz CT molecular complexity index is 335. The van der Waals surface area contributed by atoms with Gasteiger partial charge in [-0.25, -0.2) is 4.98 Å². The highest BCUT2D eigenvalue weighted by atomic mass is 16.5. The van der Waals surface area contributed by atoms with Gasteiger partial charge in [-0.1, -0.05) is 13.8 Å². The van der Waals surface area contributed by atoms with Gasteiger partial charge in [-0.15, -0.1) is 0 Å². The summed E-state index contributed by atoms with van der Waals surface area (Å²) < 4.78 is 10.4. The van der Waals surface area contributed by atoms with E-state index in [1.165, 1.54) is 11.4 Å². The third-order valence-corrected chi connectivity index (χ3v) is 3.60. The molecule has 0 radical (unpaired) electrons. The second-order valence-electron chi connectivity index (χ2n) is 5.02. The third-order valence-electron chi connectivity index (χ3n) is 3.60. The van der Waals surface area contributed by atoms with E-state index in [9.17, 15) is 0 Å². The first kappa shape index (κ1) is 12.6. The van der Waals surface area contributed by atoms with Crippen LogP contribution in [-0.2, 0) is 28.9 Å². The zero-order valence-electron chi connectivity index (χ0n) is 11.0. The van der Waals surface area contributed by atoms with Crippen LogP contribution < -0.4 is 0 Å². The number of hydrogen-bond donors (Lipinski definition) is 1. The first-order valence-electron chi connectivity index (χ1n) is 6.34. The molecule has 1 aliphatic carbocycles. The van der Waals surface area contributed by atoms with Crippen LogP contribution in [-0.4, -0.2) is 30.3 Å². The van der Waals surface area contributed by atoms with E-state index in [0.717, 1.165) is 30.5 Å². The number of hydrogen-bond acceptors (Lipinski definition) is 3. The molecule has 96 valence electrons. The Morgan fingerprint density at radius 2 is 2.00 bits per heavy atom. The molecule has 0 aliphatic heterocycles. The van der Waals surface area contributed by atoms with Crippen LogP contribution in [0.4, 0.5) is 0 Å². The smallest absolute Gasteiger partial charge is 0.132 e. The van der Waals surface area contributed by atoms with Gasteiger partial charge in [0.25, 0.3) is 0 Å². The van der Waals surface area contributed by atoms with Gasteiger partial charge in [-0.3, -0.25) is 0 Å². The molecule has 4 heteroatoms. The molecule has 1 N–H and O–H groups in total. The van der Waals surface area contributed by atoms with Gasteiger partial charge in [-0.2, -0.15) is 0 Å². The first-order chi connectivity index (χ1) is 8.20. The number of ether oxygens (including phenoxy) is 2. The summed E-state index contributed by atoms with van der Waals surface area (Å²) in [7, 11) is 1.68. The van der Waals surface area contributed by atoms with Gasteiger partial charge >= 0.3 is 0 Å². The fourth-order valence-corrected chi connectivity index (χ4v) is 2.25. The van der Waals surface area contributed by atoms with Crippen molar-refractivity contribution in [3.8, 4) is 0 Å². The summed E-state index contributed by atoms with van der Waals surface area (Å²) in [6.45, 7) is 6.42. The van der Waals surface area contributed by atoms with E-state index in [1.807, 2.05) is 0 Å². The number of aromatic amines is 1. The highest BCUT2D eigenvalue weighted by molar-refractivity contribution is 5.19. The summed E-state index contributed by atoms with van der Waals surface area (Å²) in [5.41, 5.74) is 2.54. The SMILES string of the molecule is COCCOCc1nc2c([nH]1)CC(C)C(C)C2. The minimum absolute atomic E-state index is 0.555. The largest absolute Gasteiger partial charge is 0.382 e. The highest BCUT2D eigenvalue weighted by Crippen LogP contribution is 2.28. The summed E-state index contributed by atoms with van der Waals surface area (Å²) in [6.07, 6.45) is 2.20. The lowest BCUT2D eigenvalue weighted by Gasteiger charge is -2.24. The van der Waals surface area contributed by atoms with Crippen LogP contribution in [0.5, 0.6) is 0 Å². The standard InChI is InChI=1S/C13H22N2O2/c1-9-6-11-12(7-10(9)2)15-13(14-11)8-17-5-4-16-3/h9-10H,4-8H2,1-3H3,(H,14,15). The molecule has 0 saturated carbocycles. The van der Waals surface area contributed by atoms with Gasteiger partial charge in [0.1, 0.15) is 12.4 Å². The molecule has 0 bridgehead atoms. The molecule has 0 spiro atoms. The number of nitrogens with one attached hydrogen (secondary N) is 1. The molecular formula is C13H22N2O2. The van der Waals surface area contributed by atoms with Crippen molar-refractivity contribution in [1.29, 1.82) is 0 Å². The van der Waals surface area contributed by atoms with E-state index in [2.05, 4.69) is 23.8 Å². The molecule has 2 atom stereocenters. The van der Waals surface area contributed by atoms with Gasteiger partial charge in [0.05, 0.1) is 18.9 Å². The van der Waals surface area contributed by atoms with Crippen molar-refractivity contribution < 1.29 is 9.47 Å². The summed E-state index contributed by atoms with van der Waals surface area (Å²) in [5.74, 6) is 2.42. The first-order valence-corrected chi connectivity index (χ1v) is 6.34. The minimum Gasteiger partial charge on any atom is -0.382 e. The normalized spacial score (nSPS) is 23.7. The summed E-state index contributed by atoms with van der Waals surface area (Å²) >= 11 is 0. The maximum atomic E-state index is 5.47. The van der Waals surface area contributed by atoms with Crippen molar-refractivity contribution in [1.82, 2.24) is 9.97 Å². The molecule has 4 nitrogen and oxygen atoms in total. The molecule has 2 rings (SSSR count). The lowest BCUT2D eigenvalue weighted by atomic mass is 9.82. The minimum atomic E-state index is 0.555. The number of nitrogens with zero attached hydrogens (tertiary/aromatic N) is 1. The van der Waals surface area contributed by atoms with E-state index < -0.39 is 0 Å². The molecule has 0 aromatic carbocycles. The van der Waals surface area contributed by atoms with Gasteiger partial charge in [0, 0.05) is 12.8 Å². The lowest BCUT2D eigenvalue weighted by molar-refractivity contribution is 0.0588. The van der Waals surface area contributed by atoms with E-state index in [0.29, 0.717) is 19.8 Å². The van der Waals surface area contributed by atoms with Gasteiger partial charge in [0.15, 0.2) is 0 Å². The summed E-state index contributed by atoms with van der Waals surface area (Å²) in [5, 5.41) is 0. The maximum absolute atomic E-state index is 5.47. The monoisotopic (exact) mass is 238 g/mol. The molecule has 2 unspecified atom stereocenters. The van der Waals surface area contributed by atoms with Crippen LogP contribution in [0.2, 0.25) is 0 Å². The average molecular weight is 238 g/mol. The van der Waals surface area contributed by atoms with Gasteiger partial charge in [0.2, 0.25) is 0 Å². The highest BCUT2D eigenvalue weighted by Gasteiger charge is 2.24. The fourth-order valence-electron chi connectivity index (χ4n) is 2.25. The Morgan fingerprint density at radius 3 is 2.76 bits per heavy atom. The van der Waals surface area contributed by atoms with Crippen LogP contribution in [0.1, 0.15) is 31.1 Å². The van der Waals surface area contributed by atoms with E-state index in [-0.39, 0.29) is 0 Å². The van der Waals surface area contributed by atoms with Crippen LogP contribution in [0, 0.1) is 11.8 Å². The molecule has 1 aromatic rings. The fraction of sp³-hybridized carbons (Fsp3) is 0.769. The van der Waals surface area contributed by atoms with Crippen molar-refractivity contribution >= 4 is 0 Å². The molecular weight excluding hydrogens is 216 g/mol. The van der Waals surface area contributed by atoms with Gasteiger partial charge < -0.3 is 14.5 Å². The van der Waals surface area contributed by atoms with Crippen LogP contribution >= 0.6 is 0 Å². The zero-order chi connectivity index (χ0) is 12.3. The molecule has 0 fully saturated rings. The Morgan fingerprint density at radius 1 is 1.24 bits per heavy atom. The Labute approximate surface area is 103 Å². The molecule has 1 aromatic heterocycles. The number of rotatable bonds is 5.